The molecule has 6 heteroatoms. The van der Waals surface area contributed by atoms with Crippen molar-refractivity contribution in [2.75, 3.05) is 19.5 Å². The Kier molecular flexibility index (Phi) is 3.99. The Morgan fingerprint density at radius 3 is 2.72 bits per heavy atom. The molecule has 18 heavy (non-hydrogen) atoms. The van der Waals surface area contributed by atoms with Gasteiger partial charge in [0, 0.05) is 43.6 Å². The Hall–Kier alpha value is -0.980. The summed E-state index contributed by atoms with van der Waals surface area (Å²) in [7, 11) is 3.18. The standard InChI is InChI=1S/C12H15BrN2O3/c1-17-12(18-2)6-8(7-12)11(16)15-10-5-9(13)3-4-14-10/h3-5,8H,6-7H2,1-2H3,(H,14,15,16). The number of methoxy groups -OCH3 is 2. The van der Waals surface area contributed by atoms with Gasteiger partial charge in [0.2, 0.25) is 5.91 Å². The molecular formula is C12H15BrN2O3. The molecule has 0 bridgehead atoms. The fraction of sp³-hybridized carbons (Fsp3) is 0.500. The van der Waals surface area contributed by atoms with Gasteiger partial charge in [-0.15, -0.1) is 0 Å². The van der Waals surface area contributed by atoms with E-state index in [-0.39, 0.29) is 11.8 Å². The number of carbonyl (C=O) groups excluding carboxylic acids is 1. The molecule has 0 aliphatic heterocycles. The highest BCUT2D eigenvalue weighted by Gasteiger charge is 2.48. The third-order valence-electron chi connectivity index (χ3n) is 3.20. The Morgan fingerprint density at radius 2 is 2.17 bits per heavy atom. The first-order valence-electron chi connectivity index (χ1n) is 5.61. The fourth-order valence-electron chi connectivity index (χ4n) is 1.99. The molecule has 1 aliphatic carbocycles. The van der Waals surface area contributed by atoms with Crippen molar-refractivity contribution in [3.05, 3.63) is 22.8 Å². The SMILES string of the molecule is COC1(OC)CC(C(=O)Nc2cc(Br)ccn2)C1. The van der Waals surface area contributed by atoms with Crippen molar-refractivity contribution in [2.45, 2.75) is 18.6 Å². The highest BCUT2D eigenvalue weighted by molar-refractivity contribution is 9.10. The van der Waals surface area contributed by atoms with E-state index < -0.39 is 5.79 Å². The number of aromatic nitrogens is 1. The largest absolute Gasteiger partial charge is 0.353 e. The number of anilines is 1. The van der Waals surface area contributed by atoms with Crippen LogP contribution in [0.3, 0.4) is 0 Å². The summed E-state index contributed by atoms with van der Waals surface area (Å²) >= 11 is 3.33. The summed E-state index contributed by atoms with van der Waals surface area (Å²) in [5.74, 6) is -0.190. The average Bonchev–Trinajstić information content (AvgIpc) is 2.29. The summed E-state index contributed by atoms with van der Waals surface area (Å²) in [6, 6.07) is 3.57. The third-order valence-corrected chi connectivity index (χ3v) is 3.70. The molecule has 0 spiro atoms. The zero-order valence-electron chi connectivity index (χ0n) is 10.3. The monoisotopic (exact) mass is 314 g/mol. The van der Waals surface area contributed by atoms with Gasteiger partial charge in [-0.3, -0.25) is 4.79 Å². The molecule has 1 aromatic heterocycles. The summed E-state index contributed by atoms with van der Waals surface area (Å²) in [5.41, 5.74) is 0. The first-order valence-corrected chi connectivity index (χ1v) is 6.40. The van der Waals surface area contributed by atoms with Crippen molar-refractivity contribution < 1.29 is 14.3 Å². The zero-order chi connectivity index (χ0) is 13.2. The number of hydrogen-bond donors (Lipinski definition) is 1. The summed E-state index contributed by atoms with van der Waals surface area (Å²) in [5, 5.41) is 2.78. The molecular weight excluding hydrogens is 300 g/mol. The summed E-state index contributed by atoms with van der Waals surface area (Å²) in [4.78, 5) is 16.0. The summed E-state index contributed by atoms with van der Waals surface area (Å²) in [6.07, 6.45) is 2.77. The van der Waals surface area contributed by atoms with Gasteiger partial charge < -0.3 is 14.8 Å². The molecule has 0 aromatic carbocycles. The lowest BCUT2D eigenvalue weighted by atomic mass is 9.78. The van der Waals surface area contributed by atoms with E-state index in [9.17, 15) is 4.79 Å². The van der Waals surface area contributed by atoms with Crippen molar-refractivity contribution in [1.29, 1.82) is 0 Å². The number of rotatable bonds is 4. The second kappa shape index (κ2) is 5.34. The molecule has 1 heterocycles. The van der Waals surface area contributed by atoms with Crippen LogP contribution in [0, 0.1) is 5.92 Å². The third kappa shape index (κ3) is 2.71. The number of pyridine rings is 1. The fourth-order valence-corrected chi connectivity index (χ4v) is 2.33. The normalized spacial score (nSPS) is 18.2. The average molecular weight is 315 g/mol. The van der Waals surface area contributed by atoms with Gasteiger partial charge in [-0.25, -0.2) is 4.98 Å². The molecule has 5 nitrogen and oxygen atoms in total. The summed E-state index contributed by atoms with van der Waals surface area (Å²) in [6.45, 7) is 0. The Morgan fingerprint density at radius 1 is 1.50 bits per heavy atom. The van der Waals surface area contributed by atoms with Crippen LogP contribution in [0.5, 0.6) is 0 Å². The topological polar surface area (TPSA) is 60.5 Å². The van der Waals surface area contributed by atoms with E-state index in [0.717, 1.165) is 4.47 Å². The smallest absolute Gasteiger partial charge is 0.229 e. The minimum absolute atomic E-state index is 0.0506. The van der Waals surface area contributed by atoms with Crippen molar-refractivity contribution in [3.8, 4) is 0 Å². The minimum Gasteiger partial charge on any atom is -0.353 e. The van der Waals surface area contributed by atoms with Crippen LogP contribution in [-0.4, -0.2) is 30.9 Å². The number of nitrogens with zero attached hydrogens (tertiary/aromatic N) is 1. The number of halogens is 1. The van der Waals surface area contributed by atoms with E-state index in [1.165, 1.54) is 0 Å². The molecule has 0 unspecified atom stereocenters. The van der Waals surface area contributed by atoms with E-state index in [1.54, 1.807) is 32.5 Å². The van der Waals surface area contributed by atoms with Crippen LogP contribution in [0.2, 0.25) is 0 Å². The van der Waals surface area contributed by atoms with Gasteiger partial charge in [-0.2, -0.15) is 0 Å². The van der Waals surface area contributed by atoms with Gasteiger partial charge in [0.15, 0.2) is 5.79 Å². The molecule has 98 valence electrons. The van der Waals surface area contributed by atoms with Crippen molar-refractivity contribution in [1.82, 2.24) is 4.98 Å². The van der Waals surface area contributed by atoms with Gasteiger partial charge in [-0.05, 0) is 12.1 Å². The van der Waals surface area contributed by atoms with Gasteiger partial charge in [0.1, 0.15) is 5.82 Å². The van der Waals surface area contributed by atoms with E-state index in [1.807, 2.05) is 0 Å². The maximum atomic E-state index is 11.9. The van der Waals surface area contributed by atoms with E-state index in [0.29, 0.717) is 18.7 Å². The van der Waals surface area contributed by atoms with Crippen LogP contribution < -0.4 is 5.32 Å². The number of amides is 1. The number of carbonyl (C=O) groups is 1. The van der Waals surface area contributed by atoms with Crippen LogP contribution >= 0.6 is 15.9 Å². The predicted molar refractivity (Wildman–Crippen MR) is 70.0 cm³/mol. The highest BCUT2D eigenvalue weighted by Crippen LogP contribution is 2.41. The van der Waals surface area contributed by atoms with Gasteiger partial charge >= 0.3 is 0 Å². The molecule has 0 saturated heterocycles. The molecule has 1 N–H and O–H groups in total. The van der Waals surface area contributed by atoms with Crippen LogP contribution in [0.4, 0.5) is 5.82 Å². The van der Waals surface area contributed by atoms with E-state index >= 15 is 0 Å². The van der Waals surface area contributed by atoms with Crippen molar-refractivity contribution in [3.63, 3.8) is 0 Å². The van der Waals surface area contributed by atoms with E-state index in [2.05, 4.69) is 26.2 Å². The highest BCUT2D eigenvalue weighted by atomic mass is 79.9. The molecule has 1 saturated carbocycles. The van der Waals surface area contributed by atoms with Gasteiger partial charge in [0.25, 0.3) is 0 Å². The molecule has 1 fully saturated rings. The second-order valence-electron chi connectivity index (χ2n) is 4.27. The van der Waals surface area contributed by atoms with Crippen LogP contribution in [0.15, 0.2) is 22.8 Å². The predicted octanol–water partition coefficient (Wildman–Crippen LogP) is 2.18. The molecule has 1 amide bonds. The van der Waals surface area contributed by atoms with Crippen LogP contribution in [-0.2, 0) is 14.3 Å². The van der Waals surface area contributed by atoms with Crippen molar-refractivity contribution in [2.24, 2.45) is 5.92 Å². The minimum atomic E-state index is -0.591. The first kappa shape index (κ1) is 13.5. The van der Waals surface area contributed by atoms with Gasteiger partial charge in [0.05, 0.1) is 0 Å². The second-order valence-corrected chi connectivity index (χ2v) is 5.19. The number of hydrogen-bond acceptors (Lipinski definition) is 4. The first-order chi connectivity index (χ1) is 8.58. The molecule has 0 radical (unpaired) electrons. The maximum absolute atomic E-state index is 11.9. The molecule has 0 atom stereocenters. The molecule has 1 aliphatic rings. The Balaban J connectivity index is 1.91. The van der Waals surface area contributed by atoms with Gasteiger partial charge in [-0.1, -0.05) is 15.9 Å². The Bertz CT molecular complexity index is 441. The van der Waals surface area contributed by atoms with Crippen molar-refractivity contribution >= 4 is 27.7 Å². The van der Waals surface area contributed by atoms with Crippen LogP contribution in [0.25, 0.3) is 0 Å². The number of nitrogens with one attached hydrogen (secondary N) is 1. The van der Waals surface area contributed by atoms with Crippen LogP contribution in [0.1, 0.15) is 12.8 Å². The molecule has 1 aromatic rings. The lowest BCUT2D eigenvalue weighted by Gasteiger charge is -2.44. The Labute approximate surface area is 114 Å². The lowest BCUT2D eigenvalue weighted by Crippen LogP contribution is -2.51. The quantitative estimate of drug-likeness (QED) is 0.865. The lowest BCUT2D eigenvalue weighted by molar-refractivity contribution is -0.265. The summed E-state index contributed by atoms with van der Waals surface area (Å²) < 4.78 is 11.4. The zero-order valence-corrected chi connectivity index (χ0v) is 11.9. The molecule has 2 rings (SSSR count). The maximum Gasteiger partial charge on any atom is 0.229 e. The number of ether oxygens (including phenoxy) is 2. The van der Waals surface area contributed by atoms with E-state index in [4.69, 9.17) is 9.47 Å².